The molecule has 0 aliphatic carbocycles. The van der Waals surface area contributed by atoms with E-state index in [1.807, 2.05) is 24.3 Å². The summed E-state index contributed by atoms with van der Waals surface area (Å²) in [6.07, 6.45) is 0.696. The summed E-state index contributed by atoms with van der Waals surface area (Å²) in [7, 11) is 1.74. The summed E-state index contributed by atoms with van der Waals surface area (Å²) in [6, 6.07) is 13.0. The van der Waals surface area contributed by atoms with Gasteiger partial charge in [0.05, 0.1) is 0 Å². The number of hydrogen-bond donors (Lipinski definition) is 1. The van der Waals surface area contributed by atoms with Crippen LogP contribution in [0.15, 0.2) is 53.0 Å². The molecule has 0 unspecified atom stereocenters. The Balaban J connectivity index is 1.53. The highest BCUT2D eigenvalue weighted by molar-refractivity contribution is 9.10. The van der Waals surface area contributed by atoms with Crippen molar-refractivity contribution in [2.24, 2.45) is 0 Å². The summed E-state index contributed by atoms with van der Waals surface area (Å²) in [4.78, 5) is 28.2. The van der Waals surface area contributed by atoms with Gasteiger partial charge in [0, 0.05) is 42.8 Å². The Kier molecular flexibility index (Phi) is 6.11. The summed E-state index contributed by atoms with van der Waals surface area (Å²) in [6.45, 7) is 1.50. The van der Waals surface area contributed by atoms with Crippen molar-refractivity contribution < 1.29 is 14.0 Å². The van der Waals surface area contributed by atoms with Crippen molar-refractivity contribution in [3.63, 3.8) is 0 Å². The largest absolute Gasteiger partial charge is 0.337 e. The molecule has 3 rings (SSSR count). The van der Waals surface area contributed by atoms with Gasteiger partial charge in [0.1, 0.15) is 5.82 Å². The number of rotatable bonds is 4. The van der Waals surface area contributed by atoms with Gasteiger partial charge in [-0.3, -0.25) is 4.79 Å². The van der Waals surface area contributed by atoms with E-state index in [4.69, 9.17) is 0 Å². The fourth-order valence-corrected chi connectivity index (χ4v) is 3.49. The first kappa shape index (κ1) is 19.4. The number of urea groups is 1. The summed E-state index contributed by atoms with van der Waals surface area (Å²) < 4.78 is 14.0. The Bertz CT molecular complexity index is 828. The first-order chi connectivity index (χ1) is 12.9. The Hall–Kier alpha value is -2.41. The van der Waals surface area contributed by atoms with Crippen LogP contribution in [0.1, 0.15) is 22.3 Å². The number of likely N-dealkylation sites (tertiary alicyclic amines) is 1. The van der Waals surface area contributed by atoms with E-state index in [1.54, 1.807) is 16.8 Å². The third-order valence-corrected chi connectivity index (χ3v) is 5.38. The van der Waals surface area contributed by atoms with Crippen LogP contribution in [0.4, 0.5) is 9.18 Å². The monoisotopic (exact) mass is 433 g/mol. The molecule has 2 aromatic carbocycles. The number of nitrogens with one attached hydrogen (secondary N) is 1. The van der Waals surface area contributed by atoms with Crippen molar-refractivity contribution in [2.75, 3.05) is 20.1 Å². The first-order valence-electron chi connectivity index (χ1n) is 8.74. The second kappa shape index (κ2) is 8.52. The predicted octanol–water partition coefficient (Wildman–Crippen LogP) is 3.64. The molecule has 1 aliphatic rings. The van der Waals surface area contributed by atoms with E-state index in [-0.39, 0.29) is 23.8 Å². The van der Waals surface area contributed by atoms with E-state index < -0.39 is 0 Å². The summed E-state index contributed by atoms with van der Waals surface area (Å²) in [5.41, 5.74) is 1.48. The van der Waals surface area contributed by atoms with E-state index in [0.29, 0.717) is 31.6 Å². The van der Waals surface area contributed by atoms with Crippen molar-refractivity contribution in [3.05, 3.63) is 69.9 Å². The second-order valence-electron chi connectivity index (χ2n) is 6.64. The van der Waals surface area contributed by atoms with E-state index in [9.17, 15) is 14.0 Å². The number of carbonyl (C=O) groups excluding carboxylic acids is 2. The van der Waals surface area contributed by atoms with E-state index >= 15 is 0 Å². The molecule has 0 bridgehead atoms. The minimum atomic E-state index is -0.369. The molecule has 1 saturated heterocycles. The minimum absolute atomic E-state index is 0.0939. The SMILES string of the molecule is CN(Cc1ccccc1Br)C(=O)N[C@H]1CCN(C(=O)c2ccc(F)cc2)C1. The molecule has 1 atom stereocenters. The maximum atomic E-state index is 13.0. The van der Waals surface area contributed by atoms with Gasteiger partial charge in [0.2, 0.25) is 0 Å². The van der Waals surface area contributed by atoms with Crippen LogP contribution in [0.5, 0.6) is 0 Å². The van der Waals surface area contributed by atoms with Crippen molar-refractivity contribution >= 4 is 27.9 Å². The average Bonchev–Trinajstić information content (AvgIpc) is 3.12. The molecular weight excluding hydrogens is 413 g/mol. The van der Waals surface area contributed by atoms with Gasteiger partial charge >= 0.3 is 6.03 Å². The van der Waals surface area contributed by atoms with Gasteiger partial charge in [0.15, 0.2) is 0 Å². The van der Waals surface area contributed by atoms with Gasteiger partial charge in [-0.05, 0) is 42.3 Å². The lowest BCUT2D eigenvalue weighted by molar-refractivity contribution is 0.0789. The Morgan fingerprint density at radius 1 is 1.22 bits per heavy atom. The molecule has 0 radical (unpaired) electrons. The molecule has 3 amide bonds. The fourth-order valence-electron chi connectivity index (χ4n) is 3.08. The van der Waals surface area contributed by atoms with Crippen LogP contribution in [0, 0.1) is 5.82 Å². The van der Waals surface area contributed by atoms with E-state index in [1.165, 1.54) is 24.3 Å². The second-order valence-corrected chi connectivity index (χ2v) is 7.49. The number of halogens is 2. The van der Waals surface area contributed by atoms with Gasteiger partial charge in [-0.15, -0.1) is 0 Å². The maximum absolute atomic E-state index is 13.0. The molecule has 1 fully saturated rings. The normalized spacial score (nSPS) is 16.3. The molecule has 0 spiro atoms. The Morgan fingerprint density at radius 3 is 2.63 bits per heavy atom. The minimum Gasteiger partial charge on any atom is -0.337 e. The molecule has 1 heterocycles. The highest BCUT2D eigenvalue weighted by atomic mass is 79.9. The molecule has 7 heteroatoms. The maximum Gasteiger partial charge on any atom is 0.317 e. The fraction of sp³-hybridized carbons (Fsp3) is 0.300. The van der Waals surface area contributed by atoms with Crippen LogP contribution in [0.2, 0.25) is 0 Å². The van der Waals surface area contributed by atoms with Crippen LogP contribution in [-0.2, 0) is 6.54 Å². The number of nitrogens with zero attached hydrogens (tertiary/aromatic N) is 2. The standard InChI is InChI=1S/C20H21BrFN3O2/c1-24(12-15-4-2-3-5-18(15)21)20(27)23-17-10-11-25(13-17)19(26)14-6-8-16(22)9-7-14/h2-9,17H,10-13H2,1H3,(H,23,27)/t17-/m0/s1. The van der Waals surface area contributed by atoms with Gasteiger partial charge in [-0.2, -0.15) is 0 Å². The summed E-state index contributed by atoms with van der Waals surface area (Å²) in [5, 5.41) is 2.98. The molecule has 0 aromatic heterocycles. The van der Waals surface area contributed by atoms with Gasteiger partial charge in [-0.25, -0.2) is 9.18 Å². The molecule has 1 aliphatic heterocycles. The Labute approximate surface area is 166 Å². The lowest BCUT2D eigenvalue weighted by atomic mass is 10.2. The molecule has 5 nitrogen and oxygen atoms in total. The highest BCUT2D eigenvalue weighted by Gasteiger charge is 2.28. The summed E-state index contributed by atoms with van der Waals surface area (Å²) in [5.74, 6) is -0.514. The third-order valence-electron chi connectivity index (χ3n) is 4.61. The number of hydrogen-bond acceptors (Lipinski definition) is 2. The quantitative estimate of drug-likeness (QED) is 0.799. The number of carbonyl (C=O) groups is 2. The van der Waals surface area contributed by atoms with Crippen LogP contribution in [0.3, 0.4) is 0 Å². The van der Waals surface area contributed by atoms with Crippen LogP contribution in [0.25, 0.3) is 0 Å². The van der Waals surface area contributed by atoms with Crippen LogP contribution in [-0.4, -0.2) is 47.9 Å². The van der Waals surface area contributed by atoms with Crippen molar-refractivity contribution in [2.45, 2.75) is 19.0 Å². The van der Waals surface area contributed by atoms with Gasteiger partial charge < -0.3 is 15.1 Å². The average molecular weight is 434 g/mol. The van der Waals surface area contributed by atoms with E-state index in [2.05, 4.69) is 21.2 Å². The molecule has 2 aromatic rings. The zero-order valence-corrected chi connectivity index (χ0v) is 16.6. The van der Waals surface area contributed by atoms with Crippen molar-refractivity contribution in [1.82, 2.24) is 15.1 Å². The van der Waals surface area contributed by atoms with Crippen LogP contribution < -0.4 is 5.32 Å². The number of amides is 3. The zero-order chi connectivity index (χ0) is 19.4. The van der Waals surface area contributed by atoms with Gasteiger partial charge in [0.25, 0.3) is 5.91 Å². The molecule has 1 N–H and O–H groups in total. The summed E-state index contributed by atoms with van der Waals surface area (Å²) >= 11 is 3.49. The molecule has 142 valence electrons. The third kappa shape index (κ3) is 4.86. The lowest BCUT2D eigenvalue weighted by Crippen LogP contribution is -2.44. The molecule has 27 heavy (non-hydrogen) atoms. The molecule has 0 saturated carbocycles. The van der Waals surface area contributed by atoms with Crippen molar-refractivity contribution in [1.29, 1.82) is 0 Å². The number of benzene rings is 2. The molecular formula is C20H21BrFN3O2. The topological polar surface area (TPSA) is 52.7 Å². The van der Waals surface area contributed by atoms with E-state index in [0.717, 1.165) is 10.0 Å². The first-order valence-corrected chi connectivity index (χ1v) is 9.53. The smallest absolute Gasteiger partial charge is 0.317 e. The van der Waals surface area contributed by atoms with Crippen molar-refractivity contribution in [3.8, 4) is 0 Å². The highest BCUT2D eigenvalue weighted by Crippen LogP contribution is 2.18. The Morgan fingerprint density at radius 2 is 1.93 bits per heavy atom. The lowest BCUT2D eigenvalue weighted by Gasteiger charge is -2.22. The van der Waals surface area contributed by atoms with Gasteiger partial charge in [-0.1, -0.05) is 34.1 Å². The predicted molar refractivity (Wildman–Crippen MR) is 105 cm³/mol. The zero-order valence-electron chi connectivity index (χ0n) is 15.0. The van der Waals surface area contributed by atoms with Crippen LogP contribution >= 0.6 is 15.9 Å².